The summed E-state index contributed by atoms with van der Waals surface area (Å²) in [4.78, 5) is 0. The van der Waals surface area contributed by atoms with Crippen LogP contribution in [0, 0.1) is 5.92 Å². The standard InChI is InChI=1S/C14H19BF2O2/c1-2-9-7-8-11(14(17)13(9)16)10-5-3-4-6-12(10)15(18)19/h3-6,9,11,13-14,18-19H,2,7-8H2,1H3. The Balaban J connectivity index is 2.28. The van der Waals surface area contributed by atoms with Gasteiger partial charge in [-0.3, -0.25) is 0 Å². The van der Waals surface area contributed by atoms with E-state index in [0.29, 0.717) is 24.8 Å². The van der Waals surface area contributed by atoms with E-state index in [0.717, 1.165) is 0 Å². The highest BCUT2D eigenvalue weighted by Crippen LogP contribution is 2.40. The second kappa shape index (κ2) is 6.01. The molecule has 1 aliphatic carbocycles. The third-order valence-corrected chi connectivity index (χ3v) is 4.19. The SMILES string of the molecule is CCC1CCC(c2ccccc2B(O)O)C(F)C1F. The van der Waals surface area contributed by atoms with Crippen LogP contribution in [0.3, 0.4) is 0 Å². The summed E-state index contributed by atoms with van der Waals surface area (Å²) in [5.41, 5.74) is 0.791. The maximum Gasteiger partial charge on any atom is 0.488 e. The zero-order valence-corrected chi connectivity index (χ0v) is 11.0. The molecule has 1 saturated carbocycles. The fourth-order valence-corrected chi connectivity index (χ4v) is 3.03. The topological polar surface area (TPSA) is 40.5 Å². The summed E-state index contributed by atoms with van der Waals surface area (Å²) in [6, 6.07) is 6.58. The van der Waals surface area contributed by atoms with Crippen molar-refractivity contribution in [2.45, 2.75) is 44.4 Å². The van der Waals surface area contributed by atoms with E-state index in [-0.39, 0.29) is 11.4 Å². The molecule has 1 aromatic rings. The lowest BCUT2D eigenvalue weighted by atomic mass is 9.68. The second-order valence-corrected chi connectivity index (χ2v) is 5.24. The molecule has 0 radical (unpaired) electrons. The minimum absolute atomic E-state index is 0.225. The van der Waals surface area contributed by atoms with Crippen LogP contribution in [0.5, 0.6) is 0 Å². The van der Waals surface area contributed by atoms with Crippen molar-refractivity contribution in [3.8, 4) is 0 Å². The predicted molar refractivity (Wildman–Crippen MR) is 71.8 cm³/mol. The van der Waals surface area contributed by atoms with Gasteiger partial charge < -0.3 is 10.0 Å². The number of rotatable bonds is 3. The molecule has 2 N–H and O–H groups in total. The van der Waals surface area contributed by atoms with Gasteiger partial charge in [-0.25, -0.2) is 8.78 Å². The molecule has 0 bridgehead atoms. The second-order valence-electron chi connectivity index (χ2n) is 5.24. The van der Waals surface area contributed by atoms with Gasteiger partial charge in [0.05, 0.1) is 0 Å². The fraction of sp³-hybridized carbons (Fsp3) is 0.571. The summed E-state index contributed by atoms with van der Waals surface area (Å²) in [7, 11) is -1.65. The molecule has 4 atom stereocenters. The smallest absolute Gasteiger partial charge is 0.423 e. The first kappa shape index (κ1) is 14.5. The minimum Gasteiger partial charge on any atom is -0.423 e. The molecular formula is C14H19BF2O2. The summed E-state index contributed by atoms with van der Waals surface area (Å²) >= 11 is 0. The minimum atomic E-state index is -1.65. The van der Waals surface area contributed by atoms with E-state index < -0.39 is 25.4 Å². The molecular weight excluding hydrogens is 249 g/mol. The maximum atomic E-state index is 14.3. The lowest BCUT2D eigenvalue weighted by molar-refractivity contribution is 0.0481. The molecule has 0 spiro atoms. The first-order valence-electron chi connectivity index (χ1n) is 6.79. The zero-order chi connectivity index (χ0) is 14.0. The third kappa shape index (κ3) is 2.82. The molecule has 19 heavy (non-hydrogen) atoms. The third-order valence-electron chi connectivity index (χ3n) is 4.19. The summed E-state index contributed by atoms with van der Waals surface area (Å²) < 4.78 is 28.3. The van der Waals surface area contributed by atoms with E-state index in [1.54, 1.807) is 24.3 Å². The molecule has 104 valence electrons. The molecule has 0 aromatic heterocycles. The normalized spacial score (nSPS) is 31.2. The van der Waals surface area contributed by atoms with Gasteiger partial charge in [0.1, 0.15) is 12.3 Å². The molecule has 2 rings (SSSR count). The molecule has 0 heterocycles. The highest BCUT2D eigenvalue weighted by molar-refractivity contribution is 6.59. The first-order chi connectivity index (χ1) is 9.06. The number of halogens is 2. The van der Waals surface area contributed by atoms with Crippen molar-refractivity contribution in [2.24, 2.45) is 5.92 Å². The van der Waals surface area contributed by atoms with Crippen LogP contribution in [0.4, 0.5) is 8.78 Å². The number of hydrogen-bond acceptors (Lipinski definition) is 2. The van der Waals surface area contributed by atoms with Crippen molar-refractivity contribution in [1.82, 2.24) is 0 Å². The number of benzene rings is 1. The van der Waals surface area contributed by atoms with Crippen molar-refractivity contribution in [2.75, 3.05) is 0 Å². The summed E-state index contributed by atoms with van der Waals surface area (Å²) in [5.74, 6) is -0.812. The van der Waals surface area contributed by atoms with Crippen molar-refractivity contribution >= 4 is 12.6 Å². The van der Waals surface area contributed by atoms with E-state index in [1.807, 2.05) is 6.92 Å². The Labute approximate surface area is 112 Å². The lowest BCUT2D eigenvalue weighted by Crippen LogP contribution is -2.41. The summed E-state index contributed by atoms with van der Waals surface area (Å²) in [6.07, 6.45) is -1.22. The van der Waals surface area contributed by atoms with Gasteiger partial charge in [-0.15, -0.1) is 0 Å². The first-order valence-corrected chi connectivity index (χ1v) is 6.79. The van der Waals surface area contributed by atoms with Crippen molar-refractivity contribution < 1.29 is 18.8 Å². The van der Waals surface area contributed by atoms with Crippen LogP contribution < -0.4 is 5.46 Å². The Bertz CT molecular complexity index is 428. The molecule has 2 nitrogen and oxygen atoms in total. The fourth-order valence-electron chi connectivity index (χ4n) is 3.03. The number of hydrogen-bond donors (Lipinski definition) is 2. The molecule has 5 heteroatoms. The van der Waals surface area contributed by atoms with Gasteiger partial charge in [-0.2, -0.15) is 0 Å². The van der Waals surface area contributed by atoms with Gasteiger partial charge in [0.25, 0.3) is 0 Å². The van der Waals surface area contributed by atoms with Crippen molar-refractivity contribution in [3.05, 3.63) is 29.8 Å². The number of alkyl halides is 2. The van der Waals surface area contributed by atoms with Crippen LogP contribution in [-0.2, 0) is 0 Å². The van der Waals surface area contributed by atoms with E-state index in [1.165, 1.54) is 0 Å². The maximum absolute atomic E-state index is 14.3. The molecule has 0 aliphatic heterocycles. The predicted octanol–water partition coefficient (Wildman–Crippen LogP) is 1.95. The van der Waals surface area contributed by atoms with Crippen LogP contribution in [0.2, 0.25) is 0 Å². The van der Waals surface area contributed by atoms with E-state index in [9.17, 15) is 18.8 Å². The molecule has 0 amide bonds. The molecule has 1 aromatic carbocycles. The Morgan fingerprint density at radius 2 is 1.84 bits per heavy atom. The lowest BCUT2D eigenvalue weighted by Gasteiger charge is -2.35. The monoisotopic (exact) mass is 268 g/mol. The molecule has 1 fully saturated rings. The average molecular weight is 268 g/mol. The van der Waals surface area contributed by atoms with Gasteiger partial charge in [0, 0.05) is 5.92 Å². The Morgan fingerprint density at radius 3 is 2.47 bits per heavy atom. The molecule has 0 saturated heterocycles. The van der Waals surface area contributed by atoms with E-state index in [2.05, 4.69) is 0 Å². The highest BCUT2D eigenvalue weighted by Gasteiger charge is 2.41. The van der Waals surface area contributed by atoms with Crippen LogP contribution >= 0.6 is 0 Å². The quantitative estimate of drug-likeness (QED) is 0.822. The van der Waals surface area contributed by atoms with Crippen LogP contribution in [0.1, 0.15) is 37.7 Å². The zero-order valence-electron chi connectivity index (χ0n) is 11.0. The van der Waals surface area contributed by atoms with Gasteiger partial charge in [-0.05, 0) is 29.8 Å². The highest BCUT2D eigenvalue weighted by atomic mass is 19.2. The van der Waals surface area contributed by atoms with Gasteiger partial charge >= 0.3 is 7.12 Å². The van der Waals surface area contributed by atoms with Gasteiger partial charge in [0.15, 0.2) is 0 Å². The van der Waals surface area contributed by atoms with Crippen molar-refractivity contribution in [1.29, 1.82) is 0 Å². The van der Waals surface area contributed by atoms with E-state index >= 15 is 0 Å². The summed E-state index contributed by atoms with van der Waals surface area (Å²) in [6.45, 7) is 1.87. The molecule has 1 aliphatic rings. The molecule has 4 unspecified atom stereocenters. The average Bonchev–Trinajstić information content (AvgIpc) is 2.42. The van der Waals surface area contributed by atoms with Crippen LogP contribution in [0.15, 0.2) is 24.3 Å². The Kier molecular flexibility index (Phi) is 4.58. The van der Waals surface area contributed by atoms with Gasteiger partial charge in [0.2, 0.25) is 0 Å². The Hall–Kier alpha value is -0.935. The summed E-state index contributed by atoms with van der Waals surface area (Å²) in [5, 5.41) is 18.6. The van der Waals surface area contributed by atoms with Crippen molar-refractivity contribution in [3.63, 3.8) is 0 Å². The van der Waals surface area contributed by atoms with E-state index in [4.69, 9.17) is 0 Å². The van der Waals surface area contributed by atoms with Crippen LogP contribution in [0.25, 0.3) is 0 Å². The van der Waals surface area contributed by atoms with Gasteiger partial charge in [-0.1, -0.05) is 37.6 Å². The largest absolute Gasteiger partial charge is 0.488 e. The van der Waals surface area contributed by atoms with Crippen LogP contribution in [-0.4, -0.2) is 29.5 Å². The Morgan fingerprint density at radius 1 is 1.16 bits per heavy atom.